The summed E-state index contributed by atoms with van der Waals surface area (Å²) in [4.78, 5) is 11.8. The molecule has 0 saturated carbocycles. The summed E-state index contributed by atoms with van der Waals surface area (Å²) >= 11 is 0. The summed E-state index contributed by atoms with van der Waals surface area (Å²) in [7, 11) is 0. The Bertz CT molecular complexity index is 588. The topological polar surface area (TPSA) is 41.1 Å². The van der Waals surface area contributed by atoms with E-state index in [2.05, 4.69) is 10.6 Å². The van der Waals surface area contributed by atoms with Gasteiger partial charge >= 0.3 is 0 Å². The van der Waals surface area contributed by atoms with Crippen LogP contribution < -0.4 is 10.6 Å². The number of carbonyl (C=O) groups excluding carboxylic acids is 1. The molecule has 0 unspecified atom stereocenters. The van der Waals surface area contributed by atoms with Crippen molar-refractivity contribution >= 4 is 17.3 Å². The van der Waals surface area contributed by atoms with Crippen LogP contribution in [0.25, 0.3) is 0 Å². The number of aryl methyl sites for hydroxylation is 2. The Labute approximate surface area is 117 Å². The Morgan fingerprint density at radius 1 is 1.00 bits per heavy atom. The van der Waals surface area contributed by atoms with E-state index in [0.717, 1.165) is 16.8 Å². The second-order valence-corrected chi connectivity index (χ2v) is 4.79. The van der Waals surface area contributed by atoms with E-state index in [1.807, 2.05) is 31.2 Å². The van der Waals surface area contributed by atoms with Crippen molar-refractivity contribution in [2.45, 2.75) is 13.8 Å². The summed E-state index contributed by atoms with van der Waals surface area (Å²) in [5.41, 5.74) is 3.29. The summed E-state index contributed by atoms with van der Waals surface area (Å²) in [6.07, 6.45) is 0. The molecule has 1 amide bonds. The van der Waals surface area contributed by atoms with Gasteiger partial charge in [0.05, 0.1) is 6.54 Å². The minimum absolute atomic E-state index is 0.0940. The van der Waals surface area contributed by atoms with E-state index in [9.17, 15) is 9.18 Å². The van der Waals surface area contributed by atoms with Gasteiger partial charge in [0.15, 0.2) is 0 Å². The van der Waals surface area contributed by atoms with E-state index in [-0.39, 0.29) is 18.3 Å². The highest BCUT2D eigenvalue weighted by molar-refractivity contribution is 5.93. The molecule has 2 rings (SSSR count). The first-order chi connectivity index (χ1) is 9.52. The van der Waals surface area contributed by atoms with E-state index in [4.69, 9.17) is 0 Å². The molecule has 0 spiro atoms. The maximum atomic E-state index is 13.2. The molecular formula is C16H17FN2O. The number of carbonyl (C=O) groups is 1. The van der Waals surface area contributed by atoms with Crippen molar-refractivity contribution in [3.05, 3.63) is 59.4 Å². The van der Waals surface area contributed by atoms with Crippen LogP contribution in [0.4, 0.5) is 15.8 Å². The second kappa shape index (κ2) is 6.19. The highest BCUT2D eigenvalue weighted by Gasteiger charge is 2.03. The summed E-state index contributed by atoms with van der Waals surface area (Å²) in [5.74, 6) is -0.484. The molecule has 20 heavy (non-hydrogen) atoms. The summed E-state index contributed by atoms with van der Waals surface area (Å²) in [6, 6.07) is 12.2. The molecular weight excluding hydrogens is 255 g/mol. The number of hydrogen-bond acceptors (Lipinski definition) is 2. The van der Waals surface area contributed by atoms with Crippen LogP contribution in [0.3, 0.4) is 0 Å². The van der Waals surface area contributed by atoms with E-state index in [1.54, 1.807) is 13.0 Å². The molecule has 0 aliphatic heterocycles. The number of anilines is 2. The lowest BCUT2D eigenvalue weighted by atomic mass is 10.2. The van der Waals surface area contributed by atoms with Crippen LogP contribution in [0.15, 0.2) is 42.5 Å². The van der Waals surface area contributed by atoms with E-state index < -0.39 is 0 Å². The van der Waals surface area contributed by atoms with Gasteiger partial charge in [-0.25, -0.2) is 4.39 Å². The van der Waals surface area contributed by atoms with Crippen molar-refractivity contribution in [3.8, 4) is 0 Å². The normalized spacial score (nSPS) is 10.2. The smallest absolute Gasteiger partial charge is 0.243 e. The monoisotopic (exact) mass is 272 g/mol. The Hall–Kier alpha value is -2.36. The van der Waals surface area contributed by atoms with Crippen molar-refractivity contribution in [1.82, 2.24) is 0 Å². The van der Waals surface area contributed by atoms with Gasteiger partial charge in [-0.2, -0.15) is 0 Å². The number of hydrogen-bond donors (Lipinski definition) is 2. The Morgan fingerprint density at radius 3 is 2.35 bits per heavy atom. The third-order valence-corrected chi connectivity index (χ3v) is 2.83. The molecule has 0 aliphatic rings. The number of rotatable bonds is 4. The average molecular weight is 272 g/mol. The van der Waals surface area contributed by atoms with Crippen LogP contribution in [0.1, 0.15) is 11.1 Å². The van der Waals surface area contributed by atoms with Crippen LogP contribution in [-0.2, 0) is 4.79 Å². The first kappa shape index (κ1) is 14.1. The van der Waals surface area contributed by atoms with Gasteiger partial charge in [0, 0.05) is 11.4 Å². The zero-order valence-corrected chi connectivity index (χ0v) is 11.5. The molecule has 2 aromatic rings. The van der Waals surface area contributed by atoms with Gasteiger partial charge in [0.25, 0.3) is 0 Å². The molecule has 0 aliphatic carbocycles. The van der Waals surface area contributed by atoms with E-state index >= 15 is 0 Å². The van der Waals surface area contributed by atoms with Gasteiger partial charge in [0.2, 0.25) is 5.91 Å². The fourth-order valence-corrected chi connectivity index (χ4v) is 1.86. The van der Waals surface area contributed by atoms with Gasteiger partial charge in [-0.3, -0.25) is 4.79 Å². The van der Waals surface area contributed by atoms with Gasteiger partial charge in [-0.05, 0) is 49.7 Å². The van der Waals surface area contributed by atoms with Crippen LogP contribution in [0, 0.1) is 19.7 Å². The van der Waals surface area contributed by atoms with Crippen molar-refractivity contribution in [3.63, 3.8) is 0 Å². The quantitative estimate of drug-likeness (QED) is 0.894. The minimum Gasteiger partial charge on any atom is -0.376 e. The van der Waals surface area contributed by atoms with Crippen molar-refractivity contribution in [2.24, 2.45) is 0 Å². The number of amides is 1. The number of halogens is 1. The van der Waals surface area contributed by atoms with Gasteiger partial charge in [-0.1, -0.05) is 17.7 Å². The molecule has 4 heteroatoms. The molecule has 0 radical (unpaired) electrons. The maximum Gasteiger partial charge on any atom is 0.243 e. The van der Waals surface area contributed by atoms with Gasteiger partial charge in [0.1, 0.15) is 5.82 Å². The third-order valence-electron chi connectivity index (χ3n) is 2.83. The zero-order chi connectivity index (χ0) is 14.5. The third kappa shape index (κ3) is 4.09. The predicted octanol–water partition coefficient (Wildman–Crippen LogP) is 3.49. The highest BCUT2D eigenvalue weighted by Crippen LogP contribution is 2.13. The summed E-state index contributed by atoms with van der Waals surface area (Å²) < 4.78 is 13.2. The molecule has 2 aromatic carbocycles. The zero-order valence-electron chi connectivity index (χ0n) is 11.5. The van der Waals surface area contributed by atoms with E-state index in [0.29, 0.717) is 5.69 Å². The second-order valence-electron chi connectivity index (χ2n) is 4.79. The lowest BCUT2D eigenvalue weighted by Crippen LogP contribution is -2.21. The van der Waals surface area contributed by atoms with Crippen molar-refractivity contribution < 1.29 is 9.18 Å². The lowest BCUT2D eigenvalue weighted by molar-refractivity contribution is -0.114. The summed E-state index contributed by atoms with van der Waals surface area (Å²) in [6.45, 7) is 3.89. The van der Waals surface area contributed by atoms with Crippen LogP contribution >= 0.6 is 0 Å². The van der Waals surface area contributed by atoms with Crippen LogP contribution in [0.5, 0.6) is 0 Å². The average Bonchev–Trinajstić information content (AvgIpc) is 2.38. The van der Waals surface area contributed by atoms with Crippen LogP contribution in [0.2, 0.25) is 0 Å². The Kier molecular flexibility index (Phi) is 4.35. The molecule has 0 heterocycles. The molecule has 0 bridgehead atoms. The molecule has 0 fully saturated rings. The number of nitrogens with one attached hydrogen (secondary N) is 2. The Morgan fingerprint density at radius 2 is 1.70 bits per heavy atom. The standard InChI is InChI=1S/C16H17FN2O/c1-11-3-5-14(6-4-11)19-16(20)10-18-15-8-12(2)7-13(17)9-15/h3-9,18H,10H2,1-2H3,(H,19,20). The molecule has 0 atom stereocenters. The first-order valence-corrected chi connectivity index (χ1v) is 6.40. The summed E-state index contributed by atoms with van der Waals surface area (Å²) in [5, 5.41) is 5.68. The first-order valence-electron chi connectivity index (χ1n) is 6.40. The molecule has 2 N–H and O–H groups in total. The molecule has 104 valence electrons. The maximum absolute atomic E-state index is 13.2. The largest absolute Gasteiger partial charge is 0.376 e. The lowest BCUT2D eigenvalue weighted by Gasteiger charge is -2.09. The number of benzene rings is 2. The van der Waals surface area contributed by atoms with Gasteiger partial charge in [-0.15, -0.1) is 0 Å². The Balaban J connectivity index is 1.90. The fraction of sp³-hybridized carbons (Fsp3) is 0.188. The predicted molar refractivity (Wildman–Crippen MR) is 79.4 cm³/mol. The van der Waals surface area contributed by atoms with E-state index in [1.165, 1.54) is 12.1 Å². The van der Waals surface area contributed by atoms with Crippen molar-refractivity contribution in [2.75, 3.05) is 17.2 Å². The molecule has 0 aromatic heterocycles. The molecule has 3 nitrogen and oxygen atoms in total. The molecule has 0 saturated heterocycles. The fourth-order valence-electron chi connectivity index (χ4n) is 1.86. The highest BCUT2D eigenvalue weighted by atomic mass is 19.1. The SMILES string of the molecule is Cc1ccc(NC(=O)CNc2cc(C)cc(F)c2)cc1. The van der Waals surface area contributed by atoms with Crippen molar-refractivity contribution in [1.29, 1.82) is 0 Å². The van der Waals surface area contributed by atoms with Crippen LogP contribution in [-0.4, -0.2) is 12.5 Å². The minimum atomic E-state index is -0.313. The van der Waals surface area contributed by atoms with Gasteiger partial charge < -0.3 is 10.6 Å².